The van der Waals surface area contributed by atoms with Crippen molar-refractivity contribution in [3.8, 4) is 5.75 Å². The number of hydrogen-bond acceptors (Lipinski definition) is 7. The summed E-state index contributed by atoms with van der Waals surface area (Å²) in [5, 5.41) is 0.0535. The molecule has 9 heteroatoms. The summed E-state index contributed by atoms with van der Waals surface area (Å²) in [6.07, 6.45) is 1.14. The van der Waals surface area contributed by atoms with Crippen molar-refractivity contribution in [1.82, 2.24) is 9.97 Å². The van der Waals surface area contributed by atoms with E-state index in [0.29, 0.717) is 56.5 Å². The number of anilines is 1. The average Bonchev–Trinajstić information content (AvgIpc) is 2.80. The van der Waals surface area contributed by atoms with E-state index in [1.807, 2.05) is 0 Å². The first kappa shape index (κ1) is 15.4. The number of sulfone groups is 1. The third-order valence-corrected chi connectivity index (χ3v) is 7.76. The lowest BCUT2D eigenvalue weighted by atomic mass is 9.99. The van der Waals surface area contributed by atoms with Gasteiger partial charge in [-0.15, -0.1) is 0 Å². The van der Waals surface area contributed by atoms with Crippen LogP contribution < -0.4 is 9.64 Å². The van der Waals surface area contributed by atoms with Crippen LogP contribution in [0.1, 0.15) is 25.5 Å². The average molecular weight is 360 g/mol. The van der Waals surface area contributed by atoms with Crippen LogP contribution in [0.25, 0.3) is 0 Å². The zero-order valence-electron chi connectivity index (χ0n) is 12.8. The molecule has 4 rings (SSSR count). The van der Waals surface area contributed by atoms with E-state index in [2.05, 4.69) is 14.9 Å². The molecule has 3 aliphatic heterocycles. The summed E-state index contributed by atoms with van der Waals surface area (Å²) in [6, 6.07) is 0.0723. The van der Waals surface area contributed by atoms with Gasteiger partial charge in [0.1, 0.15) is 17.0 Å². The fourth-order valence-corrected chi connectivity index (χ4v) is 5.62. The Morgan fingerprint density at radius 2 is 2.17 bits per heavy atom. The Labute approximate surface area is 139 Å². The molecule has 0 saturated carbocycles. The van der Waals surface area contributed by atoms with E-state index in [4.69, 9.17) is 21.1 Å². The van der Waals surface area contributed by atoms with E-state index < -0.39 is 14.6 Å². The normalized spacial score (nSPS) is 32.1. The minimum absolute atomic E-state index is 0.0535. The van der Waals surface area contributed by atoms with Gasteiger partial charge in [-0.25, -0.2) is 13.4 Å². The van der Waals surface area contributed by atoms with Crippen LogP contribution in [0.4, 0.5) is 5.82 Å². The number of halogens is 1. The number of aromatic nitrogens is 2. The fourth-order valence-electron chi connectivity index (χ4n) is 3.60. The molecule has 0 N–H and O–H groups in total. The monoisotopic (exact) mass is 359 g/mol. The van der Waals surface area contributed by atoms with Gasteiger partial charge in [-0.05, 0) is 31.4 Å². The van der Waals surface area contributed by atoms with Crippen LogP contribution in [0.5, 0.6) is 5.75 Å². The summed E-state index contributed by atoms with van der Waals surface area (Å²) >= 11 is 6.12. The molecule has 23 heavy (non-hydrogen) atoms. The first-order valence-electron chi connectivity index (χ1n) is 7.70. The summed E-state index contributed by atoms with van der Waals surface area (Å²) in [4.78, 5) is 10.7. The molecule has 4 heterocycles. The van der Waals surface area contributed by atoms with E-state index in [0.717, 1.165) is 0 Å². The molecular weight excluding hydrogens is 342 g/mol. The van der Waals surface area contributed by atoms with Gasteiger partial charge in [0.2, 0.25) is 5.28 Å². The molecule has 7 nitrogen and oxygen atoms in total. The quantitative estimate of drug-likeness (QED) is 0.695. The van der Waals surface area contributed by atoms with Gasteiger partial charge in [-0.3, -0.25) is 0 Å². The zero-order chi connectivity index (χ0) is 16.2. The van der Waals surface area contributed by atoms with Crippen molar-refractivity contribution in [2.24, 2.45) is 0 Å². The summed E-state index contributed by atoms with van der Waals surface area (Å²) in [5.41, 5.74) is 0.398. The molecule has 0 aromatic carbocycles. The molecule has 2 fully saturated rings. The molecule has 0 amide bonds. The smallest absolute Gasteiger partial charge is 0.224 e. The zero-order valence-corrected chi connectivity index (χ0v) is 14.4. The second kappa shape index (κ2) is 5.19. The van der Waals surface area contributed by atoms with Crippen LogP contribution in [0.2, 0.25) is 5.28 Å². The van der Waals surface area contributed by atoms with Crippen LogP contribution in [-0.2, 0) is 19.3 Å². The van der Waals surface area contributed by atoms with Gasteiger partial charge in [0.15, 0.2) is 21.4 Å². The molecule has 0 radical (unpaired) electrons. The predicted molar refractivity (Wildman–Crippen MR) is 84.9 cm³/mol. The minimum atomic E-state index is -3.29. The van der Waals surface area contributed by atoms with E-state index in [1.165, 1.54) is 0 Å². The Bertz CT molecular complexity index is 757. The number of nitrogens with zero attached hydrogens (tertiary/aromatic N) is 3. The number of ether oxygens (including phenoxy) is 2. The van der Waals surface area contributed by atoms with Crippen molar-refractivity contribution < 1.29 is 17.9 Å². The Balaban J connectivity index is 1.89. The molecule has 1 aromatic rings. The molecule has 2 saturated heterocycles. The number of fused-ring (bicyclic) bond motifs is 3. The molecule has 0 aliphatic carbocycles. The lowest BCUT2D eigenvalue weighted by Gasteiger charge is -2.41. The van der Waals surface area contributed by atoms with Gasteiger partial charge in [-0.2, -0.15) is 4.98 Å². The molecule has 1 aromatic heterocycles. The lowest BCUT2D eigenvalue weighted by molar-refractivity contribution is 0.0690. The Hall–Kier alpha value is -1.12. The van der Waals surface area contributed by atoms with Gasteiger partial charge in [-0.1, -0.05) is 0 Å². The van der Waals surface area contributed by atoms with Gasteiger partial charge >= 0.3 is 0 Å². The van der Waals surface area contributed by atoms with Crippen molar-refractivity contribution in [1.29, 1.82) is 0 Å². The highest BCUT2D eigenvalue weighted by molar-refractivity contribution is 7.92. The van der Waals surface area contributed by atoms with Gasteiger partial charge in [0.05, 0.1) is 25.0 Å². The maximum atomic E-state index is 12.6. The van der Waals surface area contributed by atoms with E-state index in [9.17, 15) is 8.42 Å². The second-order valence-electron chi connectivity index (χ2n) is 6.38. The first-order valence-corrected chi connectivity index (χ1v) is 9.73. The maximum Gasteiger partial charge on any atom is 0.224 e. The van der Waals surface area contributed by atoms with Crippen molar-refractivity contribution in [3.05, 3.63) is 11.0 Å². The molecular formula is C14H18ClN3O4S. The SMILES string of the molecule is CC1(c2nc(Cl)nc3c2OCC2COCCN32)CCCS1(=O)=O. The lowest BCUT2D eigenvalue weighted by Crippen LogP contribution is -2.52. The largest absolute Gasteiger partial charge is 0.486 e. The van der Waals surface area contributed by atoms with Crippen LogP contribution in [0, 0.1) is 0 Å². The standard InChI is InChI=1S/C14H18ClN3O4S/c1-14(3-2-6-23(14,19)20)11-10-12(17-13(15)16-11)18-4-5-21-7-9(18)8-22-10/h9H,2-8H2,1H3. The van der Waals surface area contributed by atoms with Gasteiger partial charge < -0.3 is 14.4 Å². The number of morpholine rings is 1. The van der Waals surface area contributed by atoms with E-state index in [-0.39, 0.29) is 17.1 Å². The molecule has 126 valence electrons. The molecule has 3 aliphatic rings. The van der Waals surface area contributed by atoms with Crippen LogP contribution in [-0.4, -0.2) is 56.5 Å². The van der Waals surface area contributed by atoms with E-state index >= 15 is 0 Å². The summed E-state index contributed by atoms with van der Waals surface area (Å²) in [6.45, 7) is 3.98. The van der Waals surface area contributed by atoms with Gasteiger partial charge in [0, 0.05) is 6.54 Å². The van der Waals surface area contributed by atoms with E-state index in [1.54, 1.807) is 6.92 Å². The topological polar surface area (TPSA) is 81.6 Å². The van der Waals surface area contributed by atoms with Crippen LogP contribution in [0.3, 0.4) is 0 Å². The third-order valence-electron chi connectivity index (χ3n) is 4.99. The predicted octanol–water partition coefficient (Wildman–Crippen LogP) is 1.15. The summed E-state index contributed by atoms with van der Waals surface area (Å²) in [7, 11) is -3.29. The molecule has 2 unspecified atom stereocenters. The van der Waals surface area contributed by atoms with Crippen molar-refractivity contribution >= 4 is 27.3 Å². The third kappa shape index (κ3) is 2.22. The molecule has 0 spiro atoms. The Morgan fingerprint density at radius 3 is 2.91 bits per heavy atom. The molecule has 0 bridgehead atoms. The second-order valence-corrected chi connectivity index (χ2v) is 9.26. The van der Waals surface area contributed by atoms with Crippen molar-refractivity contribution in [2.75, 3.05) is 37.0 Å². The molecule has 2 atom stereocenters. The number of rotatable bonds is 1. The fraction of sp³-hybridized carbons (Fsp3) is 0.714. The van der Waals surface area contributed by atoms with Gasteiger partial charge in [0.25, 0.3) is 0 Å². The maximum absolute atomic E-state index is 12.6. The van der Waals surface area contributed by atoms with Crippen molar-refractivity contribution in [2.45, 2.75) is 30.6 Å². The minimum Gasteiger partial charge on any atom is -0.486 e. The first-order chi connectivity index (χ1) is 10.9. The Morgan fingerprint density at radius 1 is 1.35 bits per heavy atom. The highest BCUT2D eigenvalue weighted by atomic mass is 35.5. The summed E-state index contributed by atoms with van der Waals surface area (Å²) in [5.74, 6) is 1.21. The highest BCUT2D eigenvalue weighted by Crippen LogP contribution is 2.48. The summed E-state index contributed by atoms with van der Waals surface area (Å²) < 4.78 is 35.4. The number of hydrogen-bond donors (Lipinski definition) is 0. The van der Waals surface area contributed by atoms with Crippen LogP contribution in [0.15, 0.2) is 0 Å². The highest BCUT2D eigenvalue weighted by Gasteiger charge is 2.50. The van der Waals surface area contributed by atoms with Crippen LogP contribution >= 0.6 is 11.6 Å². The Kier molecular flexibility index (Phi) is 3.48. The van der Waals surface area contributed by atoms with Crippen molar-refractivity contribution in [3.63, 3.8) is 0 Å².